The van der Waals surface area contributed by atoms with E-state index in [2.05, 4.69) is 86.3 Å². The molecule has 0 atom stereocenters. The van der Waals surface area contributed by atoms with E-state index in [0.29, 0.717) is 0 Å². The van der Waals surface area contributed by atoms with Gasteiger partial charge >= 0.3 is 0 Å². The number of hydrogen-bond donors (Lipinski definition) is 1. The zero-order valence-electron chi connectivity index (χ0n) is 11.6. The molecule has 0 unspecified atom stereocenters. The minimum atomic E-state index is 0.847. The van der Waals surface area contributed by atoms with E-state index in [1.807, 2.05) is 0 Å². The quantitative estimate of drug-likeness (QED) is 0.645. The van der Waals surface area contributed by atoms with Crippen molar-refractivity contribution in [2.45, 2.75) is 20.4 Å². The number of hydrogen-bond acceptors (Lipinski definition) is 3. The third-order valence-corrected chi connectivity index (χ3v) is 6.42. The molecule has 0 bridgehead atoms. The fourth-order valence-electron chi connectivity index (χ4n) is 2.05. The Hall–Kier alpha value is -0.520. The summed E-state index contributed by atoms with van der Waals surface area (Å²) < 4.78 is 2.27. The van der Waals surface area contributed by atoms with Gasteiger partial charge < -0.3 is 10.2 Å². The van der Waals surface area contributed by atoms with E-state index in [0.717, 1.165) is 33.6 Å². The van der Waals surface area contributed by atoms with Crippen LogP contribution in [0.3, 0.4) is 0 Å². The maximum Gasteiger partial charge on any atom is 0.0843 e. The highest BCUT2D eigenvalue weighted by atomic mass is 79.9. The molecule has 1 aromatic carbocycles. The van der Waals surface area contributed by atoms with Crippen LogP contribution in [0.2, 0.25) is 0 Å². The Kier molecular flexibility index (Phi) is 5.93. The second-order valence-corrected chi connectivity index (χ2v) is 7.72. The molecule has 0 aliphatic rings. The van der Waals surface area contributed by atoms with Crippen LogP contribution in [-0.2, 0) is 6.54 Å². The summed E-state index contributed by atoms with van der Waals surface area (Å²) in [4.78, 5) is 3.65. The molecule has 108 valence electrons. The van der Waals surface area contributed by atoms with Gasteiger partial charge in [0.05, 0.1) is 3.79 Å². The molecule has 1 aromatic heterocycles. The van der Waals surface area contributed by atoms with Gasteiger partial charge in [0.25, 0.3) is 0 Å². The van der Waals surface area contributed by atoms with Crippen molar-refractivity contribution in [2.24, 2.45) is 0 Å². The first-order chi connectivity index (χ1) is 9.63. The summed E-state index contributed by atoms with van der Waals surface area (Å²) in [5.41, 5.74) is 2.43. The van der Waals surface area contributed by atoms with E-state index in [4.69, 9.17) is 0 Å². The lowest BCUT2D eigenvalue weighted by Crippen LogP contribution is -2.21. The van der Waals surface area contributed by atoms with Gasteiger partial charge in [-0.3, -0.25) is 0 Å². The molecule has 0 aliphatic carbocycles. The van der Waals surface area contributed by atoms with Gasteiger partial charge in [0, 0.05) is 40.4 Å². The van der Waals surface area contributed by atoms with Gasteiger partial charge in [0.15, 0.2) is 0 Å². The molecule has 1 heterocycles. The Balaban J connectivity index is 1.97. The molecular weight excluding hydrogens is 400 g/mol. The maximum absolute atomic E-state index is 3.52. The van der Waals surface area contributed by atoms with E-state index in [9.17, 15) is 0 Å². The minimum absolute atomic E-state index is 0.847. The number of nitrogens with zero attached hydrogens (tertiary/aromatic N) is 1. The highest BCUT2D eigenvalue weighted by molar-refractivity contribution is 9.13. The van der Waals surface area contributed by atoms with E-state index in [-0.39, 0.29) is 0 Å². The molecule has 0 spiro atoms. The Labute approximate surface area is 141 Å². The Bertz CT molecular complexity index is 528. The van der Waals surface area contributed by atoms with Gasteiger partial charge in [0.1, 0.15) is 0 Å². The normalized spacial score (nSPS) is 10.6. The van der Waals surface area contributed by atoms with Crippen molar-refractivity contribution in [3.8, 4) is 0 Å². The van der Waals surface area contributed by atoms with E-state index in [1.54, 1.807) is 11.3 Å². The van der Waals surface area contributed by atoms with Crippen LogP contribution in [0.25, 0.3) is 0 Å². The third kappa shape index (κ3) is 3.99. The molecule has 5 heteroatoms. The second-order valence-electron chi connectivity index (χ2n) is 4.41. The minimum Gasteiger partial charge on any atom is -0.380 e. The van der Waals surface area contributed by atoms with Gasteiger partial charge in [0.2, 0.25) is 0 Å². The smallest absolute Gasteiger partial charge is 0.0843 e. The van der Waals surface area contributed by atoms with Crippen molar-refractivity contribution >= 4 is 54.6 Å². The Morgan fingerprint density at radius 1 is 1.10 bits per heavy atom. The average Bonchev–Trinajstić information content (AvgIpc) is 2.78. The van der Waals surface area contributed by atoms with Gasteiger partial charge in [-0.1, -0.05) is 0 Å². The first kappa shape index (κ1) is 15.9. The topological polar surface area (TPSA) is 15.3 Å². The molecule has 2 rings (SSSR count). The summed E-state index contributed by atoms with van der Waals surface area (Å²) >= 11 is 8.78. The van der Waals surface area contributed by atoms with Crippen LogP contribution >= 0.6 is 43.2 Å². The molecule has 0 saturated carbocycles. The lowest BCUT2D eigenvalue weighted by molar-refractivity contribution is 0.866. The molecule has 20 heavy (non-hydrogen) atoms. The first-order valence-electron chi connectivity index (χ1n) is 6.66. The molecule has 0 aliphatic heterocycles. The predicted molar refractivity (Wildman–Crippen MR) is 97.0 cm³/mol. The molecule has 2 aromatic rings. The Morgan fingerprint density at radius 2 is 1.75 bits per heavy atom. The van der Waals surface area contributed by atoms with Crippen molar-refractivity contribution in [1.29, 1.82) is 0 Å². The second kappa shape index (κ2) is 7.48. The summed E-state index contributed by atoms with van der Waals surface area (Å²) in [6, 6.07) is 10.8. The molecule has 2 nitrogen and oxygen atoms in total. The molecular formula is C15H18Br2N2S. The molecule has 0 fully saturated rings. The van der Waals surface area contributed by atoms with Crippen molar-refractivity contribution in [3.05, 3.63) is 43.5 Å². The number of anilines is 2. The van der Waals surface area contributed by atoms with Crippen LogP contribution in [0, 0.1) is 0 Å². The van der Waals surface area contributed by atoms with Crippen molar-refractivity contribution in [2.75, 3.05) is 23.3 Å². The van der Waals surface area contributed by atoms with Crippen LogP contribution < -0.4 is 10.2 Å². The highest BCUT2D eigenvalue weighted by Gasteiger charge is 2.04. The summed E-state index contributed by atoms with van der Waals surface area (Å²) in [5.74, 6) is 0. The predicted octanol–water partition coefficient (Wildman–Crippen LogP) is 5.73. The Morgan fingerprint density at radius 3 is 2.25 bits per heavy atom. The SMILES string of the molecule is CCN(CC)c1ccc(NCc2cc(Br)c(Br)s2)cc1. The summed E-state index contributed by atoms with van der Waals surface area (Å²) in [7, 11) is 0. The third-order valence-electron chi connectivity index (χ3n) is 3.16. The van der Waals surface area contributed by atoms with E-state index < -0.39 is 0 Å². The van der Waals surface area contributed by atoms with Crippen LogP contribution in [0.1, 0.15) is 18.7 Å². The van der Waals surface area contributed by atoms with Crippen molar-refractivity contribution in [3.63, 3.8) is 0 Å². The zero-order valence-corrected chi connectivity index (χ0v) is 15.6. The van der Waals surface area contributed by atoms with Crippen LogP contribution in [0.15, 0.2) is 38.6 Å². The lowest BCUT2D eigenvalue weighted by Gasteiger charge is -2.21. The zero-order chi connectivity index (χ0) is 14.5. The fourth-order valence-corrected chi connectivity index (χ4v) is 4.16. The monoisotopic (exact) mass is 416 g/mol. The summed E-state index contributed by atoms with van der Waals surface area (Å²) in [5, 5.41) is 3.45. The number of benzene rings is 1. The van der Waals surface area contributed by atoms with Gasteiger partial charge in [-0.15, -0.1) is 11.3 Å². The molecule has 0 amide bonds. The number of thiophene rings is 1. The average molecular weight is 418 g/mol. The number of nitrogens with one attached hydrogen (secondary N) is 1. The van der Waals surface area contributed by atoms with E-state index in [1.165, 1.54) is 10.6 Å². The largest absolute Gasteiger partial charge is 0.380 e. The lowest BCUT2D eigenvalue weighted by atomic mass is 10.2. The number of rotatable bonds is 6. The van der Waals surface area contributed by atoms with Crippen LogP contribution in [0.5, 0.6) is 0 Å². The van der Waals surface area contributed by atoms with Crippen LogP contribution in [-0.4, -0.2) is 13.1 Å². The van der Waals surface area contributed by atoms with Crippen LogP contribution in [0.4, 0.5) is 11.4 Å². The van der Waals surface area contributed by atoms with Crippen molar-refractivity contribution in [1.82, 2.24) is 0 Å². The van der Waals surface area contributed by atoms with Gasteiger partial charge in [-0.05, 0) is 76.0 Å². The maximum atomic E-state index is 3.52. The van der Waals surface area contributed by atoms with Crippen molar-refractivity contribution < 1.29 is 0 Å². The molecule has 0 radical (unpaired) electrons. The summed E-state index contributed by atoms with van der Waals surface area (Å²) in [6.45, 7) is 7.30. The standard InChI is InChI=1S/C15H18Br2N2S/c1-3-19(4-2)12-7-5-11(6-8-12)18-10-13-9-14(16)15(17)20-13/h5-9,18H,3-4,10H2,1-2H3. The summed E-state index contributed by atoms with van der Waals surface area (Å²) in [6.07, 6.45) is 0. The molecule has 1 N–H and O–H groups in total. The van der Waals surface area contributed by atoms with E-state index >= 15 is 0 Å². The van der Waals surface area contributed by atoms with Gasteiger partial charge in [-0.25, -0.2) is 0 Å². The highest BCUT2D eigenvalue weighted by Crippen LogP contribution is 2.32. The fraction of sp³-hybridized carbons (Fsp3) is 0.333. The van der Waals surface area contributed by atoms with Gasteiger partial charge in [-0.2, -0.15) is 0 Å². The first-order valence-corrected chi connectivity index (χ1v) is 9.06. The molecule has 0 saturated heterocycles. The number of halogens is 2.